The van der Waals surface area contributed by atoms with Crippen molar-refractivity contribution >= 4 is 29.5 Å². The first-order chi connectivity index (χ1) is 20.2. The molecule has 6 fully saturated rings. The number of carbonyl (C=O) groups excluding carboxylic acids is 5. The molecule has 4 bridgehead atoms. The van der Waals surface area contributed by atoms with Crippen LogP contribution in [0.2, 0.25) is 0 Å². The molecule has 5 amide bonds. The molecule has 5 aliphatic carbocycles. The highest BCUT2D eigenvalue weighted by Crippen LogP contribution is 2.55. The minimum absolute atomic E-state index is 0.103. The lowest BCUT2D eigenvalue weighted by Crippen LogP contribution is -2.65. The molecule has 5 N–H and O–H groups in total. The third-order valence-corrected chi connectivity index (χ3v) is 11.3. The van der Waals surface area contributed by atoms with Gasteiger partial charge in [0.05, 0.1) is 6.04 Å². The number of ketones is 1. The van der Waals surface area contributed by atoms with E-state index in [0.29, 0.717) is 37.1 Å². The van der Waals surface area contributed by atoms with Gasteiger partial charge in [-0.15, -0.1) is 0 Å². The summed E-state index contributed by atoms with van der Waals surface area (Å²) in [7, 11) is 0. The lowest BCUT2D eigenvalue weighted by Gasteiger charge is -2.56. The van der Waals surface area contributed by atoms with E-state index in [4.69, 9.17) is 5.73 Å². The summed E-state index contributed by atoms with van der Waals surface area (Å²) in [5.74, 6) is -0.322. The molecule has 10 nitrogen and oxygen atoms in total. The zero-order chi connectivity index (χ0) is 31.3. The van der Waals surface area contributed by atoms with Crippen LogP contribution in [0, 0.1) is 40.9 Å². The Hall–Kier alpha value is -2.65. The van der Waals surface area contributed by atoms with Crippen molar-refractivity contribution in [3.63, 3.8) is 0 Å². The summed E-state index contributed by atoms with van der Waals surface area (Å²) in [6.45, 7) is 10.2. The van der Waals surface area contributed by atoms with Crippen LogP contribution in [-0.2, 0) is 19.2 Å². The average Bonchev–Trinajstić information content (AvgIpc) is 3.32. The zero-order valence-electron chi connectivity index (χ0n) is 26.7. The van der Waals surface area contributed by atoms with E-state index in [-0.39, 0.29) is 35.2 Å². The Balaban J connectivity index is 1.31. The molecule has 0 aromatic carbocycles. The van der Waals surface area contributed by atoms with Crippen LogP contribution in [0.1, 0.15) is 105 Å². The number of carbonyl (C=O) groups is 5. The summed E-state index contributed by atoms with van der Waals surface area (Å²) >= 11 is 0. The van der Waals surface area contributed by atoms with Crippen molar-refractivity contribution in [2.24, 2.45) is 46.7 Å². The van der Waals surface area contributed by atoms with E-state index >= 15 is 0 Å². The number of nitrogens with two attached hydrogens (primary N) is 1. The smallest absolute Gasteiger partial charge is 0.315 e. The van der Waals surface area contributed by atoms with Crippen LogP contribution in [0.5, 0.6) is 0 Å². The molecule has 0 aromatic heterocycles. The lowest BCUT2D eigenvalue weighted by molar-refractivity contribution is -0.144. The van der Waals surface area contributed by atoms with E-state index in [9.17, 15) is 24.0 Å². The molecule has 5 saturated carbocycles. The molecule has 6 rings (SSSR count). The summed E-state index contributed by atoms with van der Waals surface area (Å²) in [5.41, 5.74) is 4.54. The standard InChI is InChI=1S/C33H53N5O5/c1-18(2)23-9-10-38(25(23)29(41)35-24(26(39)28(34)40)14-19-7-6-8-19)30(42)27(32(3,4)5)36-31(43)37-33-15-20-11-21(16-33)13-22(12-20)17-33/h18-25,27H,6-17H2,1-5H3,(H2,34,40)(H,35,41)(H2,36,37,43)/t20?,21?,22?,23?,24?,25-,27+,33?/m0/s1. The van der Waals surface area contributed by atoms with Crippen molar-refractivity contribution in [3.05, 3.63) is 0 Å². The molecule has 0 radical (unpaired) electrons. The van der Waals surface area contributed by atoms with Crippen LogP contribution in [0.4, 0.5) is 4.79 Å². The van der Waals surface area contributed by atoms with Crippen molar-refractivity contribution in [2.45, 2.75) is 129 Å². The minimum Gasteiger partial charge on any atom is -0.363 e. The predicted molar refractivity (Wildman–Crippen MR) is 162 cm³/mol. The average molecular weight is 600 g/mol. The second-order valence-corrected chi connectivity index (χ2v) is 16.1. The van der Waals surface area contributed by atoms with E-state index in [1.165, 1.54) is 19.3 Å². The van der Waals surface area contributed by atoms with Crippen molar-refractivity contribution in [1.29, 1.82) is 0 Å². The van der Waals surface area contributed by atoms with Gasteiger partial charge in [-0.3, -0.25) is 19.2 Å². The number of rotatable bonds is 10. The first kappa shape index (κ1) is 31.8. The van der Waals surface area contributed by atoms with Crippen LogP contribution in [0.3, 0.4) is 0 Å². The first-order valence-electron chi connectivity index (χ1n) is 16.7. The van der Waals surface area contributed by atoms with Gasteiger partial charge in [0.15, 0.2) is 0 Å². The van der Waals surface area contributed by atoms with E-state index in [2.05, 4.69) is 16.0 Å². The molecular formula is C33H53N5O5. The van der Waals surface area contributed by atoms with Crippen LogP contribution < -0.4 is 21.7 Å². The minimum atomic E-state index is -1.06. The first-order valence-corrected chi connectivity index (χ1v) is 16.7. The molecule has 6 aliphatic rings. The van der Waals surface area contributed by atoms with Crippen molar-refractivity contribution in [2.75, 3.05) is 6.54 Å². The molecule has 1 heterocycles. The molecule has 0 aromatic rings. The summed E-state index contributed by atoms with van der Waals surface area (Å²) in [5, 5.41) is 9.20. The number of likely N-dealkylation sites (tertiary alicyclic amines) is 1. The molecule has 0 spiro atoms. The predicted octanol–water partition coefficient (Wildman–Crippen LogP) is 3.27. The fraction of sp³-hybridized carbons (Fsp3) is 0.848. The number of amides is 5. The molecule has 43 heavy (non-hydrogen) atoms. The third-order valence-electron chi connectivity index (χ3n) is 11.3. The number of hydrogen-bond acceptors (Lipinski definition) is 5. The van der Waals surface area contributed by atoms with E-state index < -0.39 is 41.1 Å². The van der Waals surface area contributed by atoms with Gasteiger partial charge in [-0.25, -0.2) is 4.79 Å². The number of Topliss-reactive ketones (excluding diaryl/α,β-unsaturated/α-hetero) is 1. The van der Waals surface area contributed by atoms with Gasteiger partial charge in [0, 0.05) is 12.1 Å². The van der Waals surface area contributed by atoms with Gasteiger partial charge < -0.3 is 26.6 Å². The number of primary amides is 1. The van der Waals surface area contributed by atoms with Crippen LogP contribution in [0.25, 0.3) is 0 Å². The molecule has 1 aliphatic heterocycles. The van der Waals surface area contributed by atoms with Crippen LogP contribution in [-0.4, -0.2) is 64.6 Å². The molecular weight excluding hydrogens is 546 g/mol. The summed E-state index contributed by atoms with van der Waals surface area (Å²) < 4.78 is 0. The largest absolute Gasteiger partial charge is 0.363 e. The van der Waals surface area contributed by atoms with Gasteiger partial charge in [-0.2, -0.15) is 0 Å². The maximum Gasteiger partial charge on any atom is 0.315 e. The van der Waals surface area contributed by atoms with Gasteiger partial charge in [-0.1, -0.05) is 53.9 Å². The van der Waals surface area contributed by atoms with Gasteiger partial charge >= 0.3 is 6.03 Å². The highest BCUT2D eigenvalue weighted by Gasteiger charge is 2.52. The van der Waals surface area contributed by atoms with E-state index in [1.54, 1.807) is 4.90 Å². The van der Waals surface area contributed by atoms with Crippen molar-refractivity contribution in [1.82, 2.24) is 20.9 Å². The maximum atomic E-state index is 14.3. The van der Waals surface area contributed by atoms with E-state index in [1.807, 2.05) is 34.6 Å². The third kappa shape index (κ3) is 6.72. The van der Waals surface area contributed by atoms with Crippen molar-refractivity contribution in [3.8, 4) is 0 Å². The number of nitrogens with one attached hydrogen (secondary N) is 3. The molecule has 1 saturated heterocycles. The van der Waals surface area contributed by atoms with Gasteiger partial charge in [0.1, 0.15) is 12.1 Å². The Morgan fingerprint density at radius 1 is 0.907 bits per heavy atom. The Bertz CT molecular complexity index is 1090. The maximum absolute atomic E-state index is 14.3. The highest BCUT2D eigenvalue weighted by molar-refractivity contribution is 6.37. The second-order valence-electron chi connectivity index (χ2n) is 16.1. The summed E-state index contributed by atoms with van der Waals surface area (Å²) in [4.78, 5) is 67.9. The highest BCUT2D eigenvalue weighted by atomic mass is 16.2. The second kappa shape index (κ2) is 12.0. The number of urea groups is 1. The van der Waals surface area contributed by atoms with Gasteiger partial charge in [0.25, 0.3) is 5.91 Å². The zero-order valence-corrected chi connectivity index (χ0v) is 26.7. The molecule has 4 atom stereocenters. The quantitative estimate of drug-likeness (QED) is 0.284. The number of nitrogens with zero attached hydrogens (tertiary/aromatic N) is 1. The summed E-state index contributed by atoms with van der Waals surface area (Å²) in [6.07, 6.45) is 10.8. The SMILES string of the molecule is CC(C)C1CCN(C(=O)[C@@H](NC(=O)NC23CC4CC(CC(C4)C2)C3)C(C)(C)C)[C@@H]1C(=O)NC(CC1CCC1)C(=O)C(N)=O. The normalized spacial score (nSPS) is 33.1. The molecule has 2 unspecified atom stereocenters. The Labute approximate surface area is 256 Å². The molecule has 10 heteroatoms. The Morgan fingerprint density at radius 2 is 1.49 bits per heavy atom. The Kier molecular flexibility index (Phi) is 8.89. The molecule has 240 valence electrons. The Morgan fingerprint density at radius 3 is 1.95 bits per heavy atom. The number of hydrogen-bond donors (Lipinski definition) is 4. The van der Waals surface area contributed by atoms with Crippen LogP contribution >= 0.6 is 0 Å². The van der Waals surface area contributed by atoms with Crippen molar-refractivity contribution < 1.29 is 24.0 Å². The van der Waals surface area contributed by atoms with E-state index in [0.717, 1.165) is 38.5 Å². The fourth-order valence-electron chi connectivity index (χ4n) is 9.31. The lowest BCUT2D eigenvalue weighted by atomic mass is 9.53. The fourth-order valence-corrected chi connectivity index (χ4v) is 9.31. The van der Waals surface area contributed by atoms with Crippen LogP contribution in [0.15, 0.2) is 0 Å². The monoisotopic (exact) mass is 599 g/mol. The topological polar surface area (TPSA) is 151 Å². The van der Waals surface area contributed by atoms with Gasteiger partial charge in [0.2, 0.25) is 17.6 Å². The van der Waals surface area contributed by atoms with Gasteiger partial charge in [-0.05, 0) is 92.3 Å². The summed E-state index contributed by atoms with van der Waals surface area (Å²) in [6, 6.07) is -2.97.